The van der Waals surface area contributed by atoms with Gasteiger partial charge in [0.1, 0.15) is 5.01 Å². The highest BCUT2D eigenvalue weighted by Gasteiger charge is 2.22. The summed E-state index contributed by atoms with van der Waals surface area (Å²) in [5, 5.41) is 5.25. The highest BCUT2D eigenvalue weighted by Crippen LogP contribution is 2.40. The Morgan fingerprint density at radius 2 is 2.25 bits per heavy atom. The number of rotatable bonds is 3. The van der Waals surface area contributed by atoms with Crippen molar-refractivity contribution in [3.63, 3.8) is 0 Å². The first-order valence-corrected chi connectivity index (χ1v) is 8.58. The van der Waals surface area contributed by atoms with Gasteiger partial charge in [-0.3, -0.25) is 0 Å². The third kappa shape index (κ3) is 2.75. The number of thioether (sulfide) groups is 2. The largest absolute Gasteiger partial charge is 0.312 e. The van der Waals surface area contributed by atoms with Gasteiger partial charge in [-0.1, -0.05) is 0 Å². The molecule has 16 heavy (non-hydrogen) atoms. The molecule has 2 rings (SSSR count). The van der Waals surface area contributed by atoms with Crippen LogP contribution in [0.15, 0.2) is 0 Å². The van der Waals surface area contributed by atoms with Crippen LogP contribution in [-0.4, -0.2) is 29.3 Å². The van der Waals surface area contributed by atoms with Gasteiger partial charge in [0, 0.05) is 28.2 Å². The van der Waals surface area contributed by atoms with Crippen LogP contribution >= 0.6 is 34.9 Å². The summed E-state index contributed by atoms with van der Waals surface area (Å²) in [4.78, 5) is 6.14. The fraction of sp³-hybridized carbons (Fsp3) is 0.727. The van der Waals surface area contributed by atoms with Gasteiger partial charge < -0.3 is 5.32 Å². The second-order valence-corrected chi connectivity index (χ2v) is 7.47. The van der Waals surface area contributed by atoms with Crippen LogP contribution in [0.4, 0.5) is 0 Å². The first-order chi connectivity index (χ1) is 7.72. The van der Waals surface area contributed by atoms with Gasteiger partial charge in [0.2, 0.25) is 0 Å². The van der Waals surface area contributed by atoms with Gasteiger partial charge in [-0.25, -0.2) is 4.98 Å². The minimum absolute atomic E-state index is 0.424. The van der Waals surface area contributed by atoms with Crippen molar-refractivity contribution in [2.45, 2.75) is 25.1 Å². The van der Waals surface area contributed by atoms with Crippen LogP contribution in [0.5, 0.6) is 0 Å². The minimum atomic E-state index is 0.424. The Balaban J connectivity index is 2.16. The van der Waals surface area contributed by atoms with Gasteiger partial charge in [-0.05, 0) is 20.9 Å². The van der Waals surface area contributed by atoms with Crippen molar-refractivity contribution in [2.75, 3.05) is 24.3 Å². The number of thiazole rings is 1. The lowest BCUT2D eigenvalue weighted by atomic mass is 10.2. The second-order valence-electron chi connectivity index (χ2n) is 3.95. The molecule has 0 aromatic carbocycles. The van der Waals surface area contributed by atoms with Crippen molar-refractivity contribution in [1.82, 2.24) is 10.3 Å². The van der Waals surface area contributed by atoms with Gasteiger partial charge in [-0.15, -0.1) is 23.1 Å². The molecule has 0 radical (unpaired) electrons. The Morgan fingerprint density at radius 1 is 1.44 bits per heavy atom. The van der Waals surface area contributed by atoms with Crippen LogP contribution in [0.2, 0.25) is 0 Å². The monoisotopic (exact) mass is 274 g/mol. The number of aromatic nitrogens is 1. The molecule has 0 amide bonds. The molecule has 2 atom stereocenters. The van der Waals surface area contributed by atoms with Crippen molar-refractivity contribution >= 4 is 34.9 Å². The Kier molecular flexibility index (Phi) is 4.58. The summed E-state index contributed by atoms with van der Waals surface area (Å²) in [6.07, 6.45) is 0. The average molecular weight is 274 g/mol. The van der Waals surface area contributed by atoms with E-state index >= 15 is 0 Å². The molecule has 1 aromatic rings. The van der Waals surface area contributed by atoms with Crippen LogP contribution in [0.1, 0.15) is 33.8 Å². The zero-order chi connectivity index (χ0) is 11.5. The van der Waals surface area contributed by atoms with Crippen molar-refractivity contribution in [3.8, 4) is 0 Å². The summed E-state index contributed by atoms with van der Waals surface area (Å²) < 4.78 is 0. The van der Waals surface area contributed by atoms with E-state index in [9.17, 15) is 0 Å². The van der Waals surface area contributed by atoms with E-state index < -0.39 is 0 Å². The fourth-order valence-electron chi connectivity index (χ4n) is 1.73. The number of nitrogens with zero attached hydrogens (tertiary/aromatic N) is 1. The third-order valence-corrected chi connectivity index (χ3v) is 7.13. The van der Waals surface area contributed by atoms with Crippen molar-refractivity contribution in [1.29, 1.82) is 0 Å². The predicted octanol–water partition coefficient (Wildman–Crippen LogP) is 3.25. The van der Waals surface area contributed by atoms with Gasteiger partial charge in [0.05, 0.1) is 10.9 Å². The summed E-state index contributed by atoms with van der Waals surface area (Å²) >= 11 is 6.01. The summed E-state index contributed by atoms with van der Waals surface area (Å²) in [6.45, 7) is 4.33. The lowest BCUT2D eigenvalue weighted by molar-refractivity contribution is 0.658. The minimum Gasteiger partial charge on any atom is -0.312 e. The van der Waals surface area contributed by atoms with E-state index in [0.717, 1.165) is 0 Å². The Hall–Kier alpha value is 0.290. The molecule has 0 saturated carbocycles. The number of hydrogen-bond donors (Lipinski definition) is 1. The highest BCUT2D eigenvalue weighted by atomic mass is 32.2. The Morgan fingerprint density at radius 3 is 2.88 bits per heavy atom. The average Bonchev–Trinajstić information content (AvgIpc) is 2.71. The van der Waals surface area contributed by atoms with Gasteiger partial charge >= 0.3 is 0 Å². The first-order valence-electron chi connectivity index (χ1n) is 5.56. The Bertz CT molecular complexity index is 345. The molecule has 0 bridgehead atoms. The molecule has 0 aliphatic carbocycles. The molecule has 1 aliphatic rings. The fourth-order valence-corrected chi connectivity index (χ4v) is 5.84. The van der Waals surface area contributed by atoms with Crippen LogP contribution in [0.25, 0.3) is 0 Å². The molecule has 2 heterocycles. The number of hydrogen-bond acceptors (Lipinski definition) is 5. The zero-order valence-corrected chi connectivity index (χ0v) is 12.4. The molecular formula is C11H18N2S3. The molecule has 1 saturated heterocycles. The standard InChI is InChI=1S/C11H18N2S3/c1-7(12-3)10-8(2)13-11(16-10)9-6-14-4-5-15-9/h7,9,12H,4-6H2,1-3H3. The molecule has 0 spiro atoms. The maximum absolute atomic E-state index is 4.75. The molecule has 1 aliphatic heterocycles. The third-order valence-electron chi connectivity index (χ3n) is 2.77. The van der Waals surface area contributed by atoms with E-state index in [1.165, 1.54) is 32.8 Å². The predicted molar refractivity (Wildman–Crippen MR) is 76.8 cm³/mol. The quantitative estimate of drug-likeness (QED) is 0.914. The van der Waals surface area contributed by atoms with Crippen LogP contribution in [0, 0.1) is 6.92 Å². The maximum Gasteiger partial charge on any atom is 0.107 e. The molecule has 1 fully saturated rings. The van der Waals surface area contributed by atoms with Crippen LogP contribution < -0.4 is 5.32 Å². The van der Waals surface area contributed by atoms with Crippen molar-refractivity contribution in [2.24, 2.45) is 0 Å². The molecule has 5 heteroatoms. The van der Waals surface area contributed by atoms with E-state index in [-0.39, 0.29) is 0 Å². The first kappa shape index (κ1) is 12.7. The summed E-state index contributed by atoms with van der Waals surface area (Å²) in [5.41, 5.74) is 1.21. The topological polar surface area (TPSA) is 24.9 Å². The molecule has 1 aromatic heterocycles. The van der Waals surface area contributed by atoms with Gasteiger partial charge in [0.15, 0.2) is 0 Å². The summed E-state index contributed by atoms with van der Waals surface area (Å²) in [6, 6.07) is 0.424. The lowest BCUT2D eigenvalue weighted by Crippen LogP contribution is -2.11. The zero-order valence-electron chi connectivity index (χ0n) is 9.95. The van der Waals surface area contributed by atoms with E-state index in [2.05, 4.69) is 42.7 Å². The second kappa shape index (κ2) is 5.76. The Labute approximate surface area is 110 Å². The van der Waals surface area contributed by atoms with E-state index in [1.54, 1.807) is 0 Å². The molecule has 1 N–H and O–H groups in total. The van der Waals surface area contributed by atoms with E-state index in [4.69, 9.17) is 4.98 Å². The molecule has 90 valence electrons. The lowest BCUT2D eigenvalue weighted by Gasteiger charge is -2.18. The van der Waals surface area contributed by atoms with Crippen LogP contribution in [-0.2, 0) is 0 Å². The van der Waals surface area contributed by atoms with Crippen molar-refractivity contribution in [3.05, 3.63) is 15.6 Å². The van der Waals surface area contributed by atoms with Gasteiger partial charge in [-0.2, -0.15) is 11.8 Å². The highest BCUT2D eigenvalue weighted by molar-refractivity contribution is 8.06. The van der Waals surface area contributed by atoms with E-state index in [0.29, 0.717) is 11.3 Å². The van der Waals surface area contributed by atoms with Crippen LogP contribution in [0.3, 0.4) is 0 Å². The smallest absolute Gasteiger partial charge is 0.107 e. The van der Waals surface area contributed by atoms with E-state index in [1.807, 2.05) is 18.4 Å². The van der Waals surface area contributed by atoms with Crippen molar-refractivity contribution < 1.29 is 0 Å². The van der Waals surface area contributed by atoms with Gasteiger partial charge in [0.25, 0.3) is 0 Å². The molecular weight excluding hydrogens is 256 g/mol. The molecule has 2 nitrogen and oxygen atoms in total. The summed E-state index contributed by atoms with van der Waals surface area (Å²) in [5.74, 6) is 3.79. The SMILES string of the molecule is CNC(C)c1sc(C2CSCCS2)nc1C. The maximum atomic E-state index is 4.75. The normalized spacial score (nSPS) is 23.3. The summed E-state index contributed by atoms with van der Waals surface area (Å²) in [7, 11) is 2.01. The molecule has 2 unspecified atom stereocenters. The number of aryl methyl sites for hydroxylation is 1. The number of nitrogens with one attached hydrogen (secondary N) is 1.